The molecule has 0 radical (unpaired) electrons. The summed E-state index contributed by atoms with van der Waals surface area (Å²) in [5, 5.41) is 6.77. The van der Waals surface area contributed by atoms with Gasteiger partial charge in [-0.05, 0) is 31.0 Å². The lowest BCUT2D eigenvalue weighted by atomic mass is 10.2. The van der Waals surface area contributed by atoms with Crippen LogP contribution >= 0.6 is 0 Å². The second-order valence-corrected chi connectivity index (χ2v) is 6.29. The molecule has 26 heavy (non-hydrogen) atoms. The minimum atomic E-state index is 0.487. The molecule has 0 amide bonds. The van der Waals surface area contributed by atoms with Gasteiger partial charge in [-0.25, -0.2) is 4.98 Å². The summed E-state index contributed by atoms with van der Waals surface area (Å²) >= 11 is 0. The highest BCUT2D eigenvalue weighted by molar-refractivity contribution is 5.63. The molecule has 132 valence electrons. The van der Waals surface area contributed by atoms with Gasteiger partial charge in [-0.1, -0.05) is 18.2 Å². The number of hydrogen-bond donors (Lipinski definition) is 2. The number of rotatable bonds is 7. The number of nitrogens with one attached hydrogen (secondary N) is 2. The van der Waals surface area contributed by atoms with Gasteiger partial charge in [0.05, 0.1) is 12.8 Å². The van der Waals surface area contributed by atoms with Gasteiger partial charge in [-0.3, -0.25) is 4.98 Å². The predicted molar refractivity (Wildman–Crippen MR) is 102 cm³/mol. The highest BCUT2D eigenvalue weighted by Crippen LogP contribution is 2.26. The Morgan fingerprint density at radius 3 is 2.77 bits per heavy atom. The summed E-state index contributed by atoms with van der Waals surface area (Å²) in [5.41, 5.74) is 2.89. The molecule has 1 aliphatic rings. The number of pyridine rings is 1. The van der Waals surface area contributed by atoms with Crippen molar-refractivity contribution in [1.82, 2.24) is 15.0 Å². The van der Waals surface area contributed by atoms with Crippen molar-refractivity contribution in [3.63, 3.8) is 0 Å². The Morgan fingerprint density at radius 1 is 1.12 bits per heavy atom. The fourth-order valence-electron chi connectivity index (χ4n) is 2.71. The highest BCUT2D eigenvalue weighted by atomic mass is 16.5. The van der Waals surface area contributed by atoms with Crippen molar-refractivity contribution in [2.24, 2.45) is 0 Å². The minimum Gasteiger partial charge on any atom is -0.496 e. The molecule has 2 N–H and O–H groups in total. The van der Waals surface area contributed by atoms with Crippen LogP contribution in [0.25, 0.3) is 11.3 Å². The van der Waals surface area contributed by atoms with Gasteiger partial charge in [-0.15, -0.1) is 0 Å². The minimum absolute atomic E-state index is 0.487. The molecule has 1 aliphatic carbocycles. The van der Waals surface area contributed by atoms with Crippen molar-refractivity contribution < 1.29 is 4.74 Å². The lowest BCUT2D eigenvalue weighted by Gasteiger charge is -2.12. The Kier molecular flexibility index (Phi) is 4.64. The van der Waals surface area contributed by atoms with E-state index in [4.69, 9.17) is 4.74 Å². The van der Waals surface area contributed by atoms with Gasteiger partial charge in [0.25, 0.3) is 0 Å². The fraction of sp³-hybridized carbons (Fsp3) is 0.250. The zero-order valence-electron chi connectivity index (χ0n) is 14.6. The number of benzene rings is 1. The van der Waals surface area contributed by atoms with Crippen molar-refractivity contribution in [3.8, 4) is 17.0 Å². The standard InChI is InChI=1S/C20H21N5O/c1-26-18-7-3-2-5-15(18)13-22-19-11-17(14-6-4-10-21-12-14)24-20(25-19)23-16-8-9-16/h2-7,10-12,16H,8-9,13H2,1H3,(H2,22,23,24,25). The highest BCUT2D eigenvalue weighted by Gasteiger charge is 2.22. The van der Waals surface area contributed by atoms with E-state index in [1.54, 1.807) is 13.3 Å². The van der Waals surface area contributed by atoms with E-state index in [1.807, 2.05) is 48.7 Å². The smallest absolute Gasteiger partial charge is 0.225 e. The molecule has 0 atom stereocenters. The summed E-state index contributed by atoms with van der Waals surface area (Å²) in [4.78, 5) is 13.5. The number of methoxy groups -OCH3 is 1. The molecule has 0 aliphatic heterocycles. The number of anilines is 2. The van der Waals surface area contributed by atoms with E-state index >= 15 is 0 Å². The topological polar surface area (TPSA) is 72.0 Å². The zero-order valence-corrected chi connectivity index (χ0v) is 14.6. The molecule has 1 aromatic carbocycles. The number of para-hydroxylation sites is 1. The van der Waals surface area contributed by atoms with Gasteiger partial charge in [-0.2, -0.15) is 4.98 Å². The maximum atomic E-state index is 5.42. The van der Waals surface area contributed by atoms with E-state index in [1.165, 1.54) is 12.8 Å². The second-order valence-electron chi connectivity index (χ2n) is 6.29. The molecule has 2 aromatic heterocycles. The van der Waals surface area contributed by atoms with E-state index in [2.05, 4.69) is 25.6 Å². The quantitative estimate of drug-likeness (QED) is 0.678. The van der Waals surface area contributed by atoms with Crippen molar-refractivity contribution in [2.45, 2.75) is 25.4 Å². The van der Waals surface area contributed by atoms with Crippen molar-refractivity contribution in [1.29, 1.82) is 0 Å². The van der Waals surface area contributed by atoms with Crippen LogP contribution in [0.4, 0.5) is 11.8 Å². The molecule has 2 heterocycles. The summed E-state index contributed by atoms with van der Waals surface area (Å²) in [6.07, 6.45) is 5.91. The van der Waals surface area contributed by atoms with E-state index in [0.717, 1.165) is 28.4 Å². The first-order chi connectivity index (χ1) is 12.8. The molecular weight excluding hydrogens is 326 g/mol. The first kappa shape index (κ1) is 16.3. The molecule has 3 aromatic rings. The Hall–Kier alpha value is -3.15. The average molecular weight is 347 g/mol. The molecule has 0 unspecified atom stereocenters. The summed E-state index contributed by atoms with van der Waals surface area (Å²) in [6.45, 7) is 0.621. The zero-order chi connectivity index (χ0) is 17.8. The van der Waals surface area contributed by atoms with Crippen molar-refractivity contribution >= 4 is 11.8 Å². The third-order valence-electron chi connectivity index (χ3n) is 4.25. The van der Waals surface area contributed by atoms with Gasteiger partial charge in [0, 0.05) is 42.2 Å². The lowest BCUT2D eigenvalue weighted by molar-refractivity contribution is 0.410. The molecule has 4 rings (SSSR count). The van der Waals surface area contributed by atoms with E-state index in [0.29, 0.717) is 18.5 Å². The first-order valence-electron chi connectivity index (χ1n) is 8.73. The SMILES string of the molecule is COc1ccccc1CNc1cc(-c2cccnc2)nc(NC2CC2)n1. The normalized spacial score (nSPS) is 13.3. The molecule has 0 spiro atoms. The molecule has 1 saturated carbocycles. The number of hydrogen-bond acceptors (Lipinski definition) is 6. The third-order valence-corrected chi connectivity index (χ3v) is 4.25. The van der Waals surface area contributed by atoms with Gasteiger partial charge in [0.15, 0.2) is 0 Å². The number of aromatic nitrogens is 3. The summed E-state index contributed by atoms with van der Waals surface area (Å²) in [7, 11) is 1.68. The molecule has 1 fully saturated rings. The predicted octanol–water partition coefficient (Wildman–Crippen LogP) is 3.73. The van der Waals surface area contributed by atoms with Crippen LogP contribution in [-0.4, -0.2) is 28.1 Å². The number of nitrogens with zero attached hydrogens (tertiary/aromatic N) is 3. The maximum Gasteiger partial charge on any atom is 0.225 e. The summed E-state index contributed by atoms with van der Waals surface area (Å²) in [6, 6.07) is 14.3. The summed E-state index contributed by atoms with van der Waals surface area (Å²) in [5.74, 6) is 2.28. The van der Waals surface area contributed by atoms with Crippen LogP contribution in [-0.2, 0) is 6.54 Å². The third kappa shape index (κ3) is 3.91. The van der Waals surface area contributed by atoms with Gasteiger partial charge in [0.2, 0.25) is 5.95 Å². The van der Waals surface area contributed by atoms with Crippen LogP contribution in [0.1, 0.15) is 18.4 Å². The first-order valence-corrected chi connectivity index (χ1v) is 8.73. The average Bonchev–Trinajstić information content (AvgIpc) is 3.51. The van der Waals surface area contributed by atoms with E-state index in [9.17, 15) is 0 Å². The molecule has 6 nitrogen and oxygen atoms in total. The van der Waals surface area contributed by atoms with Crippen LogP contribution in [0.3, 0.4) is 0 Å². The van der Waals surface area contributed by atoms with Gasteiger partial charge < -0.3 is 15.4 Å². The van der Waals surface area contributed by atoms with E-state index in [-0.39, 0.29) is 0 Å². The fourth-order valence-corrected chi connectivity index (χ4v) is 2.71. The van der Waals surface area contributed by atoms with Gasteiger partial charge in [0.1, 0.15) is 11.6 Å². The van der Waals surface area contributed by atoms with Crippen LogP contribution in [0, 0.1) is 0 Å². The maximum absolute atomic E-state index is 5.42. The van der Waals surface area contributed by atoms with Crippen LogP contribution in [0.5, 0.6) is 5.75 Å². The Bertz CT molecular complexity index is 880. The van der Waals surface area contributed by atoms with E-state index < -0.39 is 0 Å². The lowest BCUT2D eigenvalue weighted by Crippen LogP contribution is -2.09. The van der Waals surface area contributed by atoms with Crippen LogP contribution < -0.4 is 15.4 Å². The Labute approximate surface area is 152 Å². The summed E-state index contributed by atoms with van der Waals surface area (Å²) < 4.78 is 5.42. The number of ether oxygens (including phenoxy) is 1. The Morgan fingerprint density at radius 2 is 2.00 bits per heavy atom. The van der Waals surface area contributed by atoms with Gasteiger partial charge >= 0.3 is 0 Å². The van der Waals surface area contributed by atoms with Crippen LogP contribution in [0.15, 0.2) is 54.9 Å². The second kappa shape index (κ2) is 7.39. The van der Waals surface area contributed by atoms with Crippen molar-refractivity contribution in [2.75, 3.05) is 17.7 Å². The van der Waals surface area contributed by atoms with Crippen LogP contribution in [0.2, 0.25) is 0 Å². The Balaban J connectivity index is 1.59. The van der Waals surface area contributed by atoms with Crippen molar-refractivity contribution in [3.05, 3.63) is 60.4 Å². The molecular formula is C20H21N5O. The molecule has 6 heteroatoms. The molecule has 0 saturated heterocycles. The largest absolute Gasteiger partial charge is 0.496 e. The molecule has 0 bridgehead atoms. The monoisotopic (exact) mass is 347 g/mol.